The van der Waals surface area contributed by atoms with E-state index in [-0.39, 0.29) is 13.2 Å². The topological polar surface area (TPSA) is 104 Å². The molecule has 31 heavy (non-hydrogen) atoms. The van der Waals surface area contributed by atoms with Crippen LogP contribution in [0.25, 0.3) is 0 Å². The molecule has 1 aromatic heterocycles. The number of hydrogen-bond donors (Lipinski definition) is 1. The van der Waals surface area contributed by atoms with Gasteiger partial charge in [0.2, 0.25) is 0 Å². The molecule has 11 heteroatoms. The van der Waals surface area contributed by atoms with Crippen LogP contribution < -0.4 is 10.2 Å². The average molecular weight is 515 g/mol. The maximum absolute atomic E-state index is 12.4. The summed E-state index contributed by atoms with van der Waals surface area (Å²) in [7, 11) is -1.86. The molecule has 1 amide bonds. The van der Waals surface area contributed by atoms with E-state index in [1.807, 2.05) is 36.7 Å². The minimum Gasteiger partial charge on any atom is -0.496 e. The summed E-state index contributed by atoms with van der Waals surface area (Å²) in [4.78, 5) is 12.1. The molecule has 0 aliphatic heterocycles. The SMILES string of the molecule is CCOP(=O)(CC(=O)N/N=C/c1ccc(OC)c(Cn2nc(C)c(Br)c2C)c1)OCC. The van der Waals surface area contributed by atoms with Gasteiger partial charge in [0.25, 0.3) is 5.91 Å². The highest BCUT2D eigenvalue weighted by molar-refractivity contribution is 9.10. The molecule has 0 aliphatic rings. The molecule has 0 spiro atoms. The van der Waals surface area contributed by atoms with Crippen molar-refractivity contribution in [1.29, 1.82) is 0 Å². The van der Waals surface area contributed by atoms with Gasteiger partial charge in [0, 0.05) is 5.56 Å². The van der Waals surface area contributed by atoms with Gasteiger partial charge in [-0.05, 0) is 67.4 Å². The van der Waals surface area contributed by atoms with E-state index in [4.69, 9.17) is 13.8 Å². The van der Waals surface area contributed by atoms with Gasteiger partial charge in [-0.25, -0.2) is 5.43 Å². The fourth-order valence-electron chi connectivity index (χ4n) is 2.90. The Kier molecular flexibility index (Phi) is 9.43. The van der Waals surface area contributed by atoms with E-state index in [0.717, 1.165) is 32.7 Å². The van der Waals surface area contributed by atoms with Crippen molar-refractivity contribution in [3.05, 3.63) is 45.2 Å². The second-order valence-electron chi connectivity index (χ2n) is 6.61. The minimum atomic E-state index is -3.47. The second-order valence-corrected chi connectivity index (χ2v) is 9.46. The molecular weight excluding hydrogens is 487 g/mol. The highest BCUT2D eigenvalue weighted by Gasteiger charge is 2.27. The third kappa shape index (κ3) is 7.00. The zero-order chi connectivity index (χ0) is 23.0. The van der Waals surface area contributed by atoms with Gasteiger partial charge in [-0.3, -0.25) is 14.0 Å². The maximum atomic E-state index is 12.4. The Hall–Kier alpha value is -2.00. The van der Waals surface area contributed by atoms with E-state index in [1.54, 1.807) is 21.0 Å². The molecule has 0 atom stereocenters. The van der Waals surface area contributed by atoms with Gasteiger partial charge >= 0.3 is 7.60 Å². The van der Waals surface area contributed by atoms with Gasteiger partial charge in [-0.15, -0.1) is 0 Å². The monoisotopic (exact) mass is 514 g/mol. The van der Waals surface area contributed by atoms with Crippen LogP contribution in [0.15, 0.2) is 27.8 Å². The van der Waals surface area contributed by atoms with Gasteiger partial charge in [-0.2, -0.15) is 10.2 Å². The van der Waals surface area contributed by atoms with Crippen molar-refractivity contribution in [2.24, 2.45) is 5.10 Å². The van der Waals surface area contributed by atoms with Crippen LogP contribution in [0.4, 0.5) is 0 Å². The molecule has 0 radical (unpaired) electrons. The number of hydrogen-bond acceptors (Lipinski definition) is 7. The molecule has 170 valence electrons. The van der Waals surface area contributed by atoms with Gasteiger partial charge in [0.15, 0.2) is 0 Å². The van der Waals surface area contributed by atoms with Gasteiger partial charge in [0.05, 0.1) is 48.9 Å². The Labute approximate surface area is 190 Å². The third-order valence-corrected chi connectivity index (χ3v) is 7.43. The number of hydrazone groups is 1. The number of rotatable bonds is 11. The van der Waals surface area contributed by atoms with Gasteiger partial charge < -0.3 is 13.8 Å². The zero-order valence-electron chi connectivity index (χ0n) is 18.3. The molecule has 0 saturated carbocycles. The van der Waals surface area contributed by atoms with Crippen LogP contribution in [0.5, 0.6) is 5.75 Å². The number of halogens is 1. The molecule has 0 saturated heterocycles. The highest BCUT2D eigenvalue weighted by atomic mass is 79.9. The Morgan fingerprint density at radius 1 is 1.29 bits per heavy atom. The van der Waals surface area contributed by atoms with Crippen molar-refractivity contribution >= 4 is 35.6 Å². The Morgan fingerprint density at radius 2 is 1.97 bits per heavy atom. The minimum absolute atomic E-state index is 0.189. The molecule has 2 rings (SSSR count). The summed E-state index contributed by atoms with van der Waals surface area (Å²) >= 11 is 3.54. The van der Waals surface area contributed by atoms with E-state index in [2.05, 4.69) is 31.6 Å². The van der Waals surface area contributed by atoms with Gasteiger partial charge in [-0.1, -0.05) is 0 Å². The summed E-state index contributed by atoms with van der Waals surface area (Å²) in [6.45, 7) is 8.19. The second kappa shape index (κ2) is 11.6. The van der Waals surface area contributed by atoms with Crippen molar-refractivity contribution < 1.29 is 23.1 Å². The lowest BCUT2D eigenvalue weighted by atomic mass is 10.1. The lowest BCUT2D eigenvalue weighted by Gasteiger charge is -2.15. The van der Waals surface area contributed by atoms with Crippen LogP contribution in [0.2, 0.25) is 0 Å². The Balaban J connectivity index is 2.10. The van der Waals surface area contributed by atoms with E-state index in [9.17, 15) is 9.36 Å². The van der Waals surface area contributed by atoms with E-state index >= 15 is 0 Å². The standard InChI is InChI=1S/C20H28BrN4O5P/c1-6-29-31(27,30-7-2)13-19(26)23-22-11-16-8-9-18(28-5)17(10-16)12-25-15(4)20(21)14(3)24-25/h8-11H,6-7,12-13H2,1-5H3,(H,23,26)/b22-11+. The predicted molar refractivity (Wildman–Crippen MR) is 123 cm³/mol. The Morgan fingerprint density at radius 3 is 2.52 bits per heavy atom. The number of nitrogens with zero attached hydrogens (tertiary/aromatic N) is 3. The summed E-state index contributed by atoms with van der Waals surface area (Å²) in [5.41, 5.74) is 5.96. The molecule has 9 nitrogen and oxygen atoms in total. The number of aromatic nitrogens is 2. The van der Waals surface area contributed by atoms with E-state index < -0.39 is 19.7 Å². The zero-order valence-corrected chi connectivity index (χ0v) is 20.8. The molecule has 0 aliphatic carbocycles. The number of aryl methyl sites for hydroxylation is 1. The summed E-state index contributed by atoms with van der Waals surface area (Å²) in [6.07, 6.45) is 1.11. The first-order valence-electron chi connectivity index (χ1n) is 9.79. The van der Waals surface area contributed by atoms with Crippen molar-refractivity contribution in [2.45, 2.75) is 34.2 Å². The van der Waals surface area contributed by atoms with Crippen molar-refractivity contribution in [3.8, 4) is 5.75 Å². The van der Waals surface area contributed by atoms with Crippen molar-refractivity contribution in [2.75, 3.05) is 26.5 Å². The molecule has 0 fully saturated rings. The van der Waals surface area contributed by atoms with Crippen LogP contribution in [-0.2, 0) is 25.0 Å². The summed E-state index contributed by atoms with van der Waals surface area (Å²) in [5.74, 6) is 0.168. The normalized spacial score (nSPS) is 11.8. The first kappa shape index (κ1) is 25.3. The first-order valence-corrected chi connectivity index (χ1v) is 12.3. The van der Waals surface area contributed by atoms with Crippen LogP contribution in [0.1, 0.15) is 36.4 Å². The summed E-state index contributed by atoms with van der Waals surface area (Å²) in [5, 5.41) is 8.49. The van der Waals surface area contributed by atoms with Crippen molar-refractivity contribution in [3.63, 3.8) is 0 Å². The molecule has 0 unspecified atom stereocenters. The van der Waals surface area contributed by atoms with Crippen LogP contribution in [-0.4, -0.2) is 48.4 Å². The molecule has 0 bridgehead atoms. The number of carbonyl (C=O) groups is 1. The first-order chi connectivity index (χ1) is 14.7. The lowest BCUT2D eigenvalue weighted by Crippen LogP contribution is -2.22. The third-order valence-electron chi connectivity index (χ3n) is 4.31. The molecule has 1 aromatic carbocycles. The van der Waals surface area contributed by atoms with Crippen LogP contribution in [0, 0.1) is 13.8 Å². The van der Waals surface area contributed by atoms with Crippen LogP contribution in [0.3, 0.4) is 0 Å². The number of ether oxygens (including phenoxy) is 1. The molecule has 1 heterocycles. The van der Waals surface area contributed by atoms with Gasteiger partial charge in [0.1, 0.15) is 11.9 Å². The largest absolute Gasteiger partial charge is 0.496 e. The van der Waals surface area contributed by atoms with Crippen molar-refractivity contribution in [1.82, 2.24) is 15.2 Å². The highest BCUT2D eigenvalue weighted by Crippen LogP contribution is 2.47. The number of methoxy groups -OCH3 is 1. The fourth-order valence-corrected chi connectivity index (χ4v) is 4.66. The number of nitrogens with one attached hydrogen (secondary N) is 1. The number of amides is 1. The quantitative estimate of drug-likeness (QED) is 0.275. The Bertz CT molecular complexity index is 982. The number of carbonyl (C=O) groups excluding carboxylic acids is 1. The van der Waals surface area contributed by atoms with E-state index in [1.165, 1.54) is 6.21 Å². The van der Waals surface area contributed by atoms with E-state index in [0.29, 0.717) is 6.54 Å². The summed E-state index contributed by atoms with van der Waals surface area (Å²) in [6, 6.07) is 5.56. The molecule has 2 aromatic rings. The average Bonchev–Trinajstić information content (AvgIpc) is 2.95. The van der Waals surface area contributed by atoms with Crippen LogP contribution >= 0.6 is 23.5 Å². The molecular formula is C20H28BrN4O5P. The lowest BCUT2D eigenvalue weighted by molar-refractivity contribution is -0.118. The smallest absolute Gasteiger partial charge is 0.340 e. The summed E-state index contributed by atoms with van der Waals surface area (Å²) < 4.78 is 31.0. The fraction of sp³-hybridized carbons (Fsp3) is 0.450. The number of benzene rings is 1. The maximum Gasteiger partial charge on any atom is 0.340 e. The molecule has 1 N–H and O–H groups in total. The predicted octanol–water partition coefficient (Wildman–Crippen LogP) is 4.04.